The van der Waals surface area contributed by atoms with Crippen molar-refractivity contribution in [2.24, 2.45) is 5.92 Å². The van der Waals surface area contributed by atoms with Crippen LogP contribution in [-0.2, 0) is 25.5 Å². The van der Waals surface area contributed by atoms with Crippen molar-refractivity contribution in [3.05, 3.63) is 63.7 Å². The van der Waals surface area contributed by atoms with Gasteiger partial charge in [-0.1, -0.05) is 29.8 Å². The fraction of sp³-hybridized carbons (Fsp3) is 0.486. The second-order valence-corrected chi connectivity index (χ2v) is 14.2. The summed E-state index contributed by atoms with van der Waals surface area (Å²) in [5.74, 6) is -4.65. The first kappa shape index (κ1) is 34.4. The van der Waals surface area contributed by atoms with Gasteiger partial charge in [-0.25, -0.2) is 9.29 Å². The molecule has 3 fully saturated rings. The van der Waals surface area contributed by atoms with E-state index in [0.29, 0.717) is 57.3 Å². The van der Waals surface area contributed by atoms with E-state index in [1.54, 1.807) is 5.38 Å². The molecule has 2 atom stereocenters. The Labute approximate surface area is 287 Å². The number of ether oxygens (including phenoxy) is 1. The molecule has 3 aliphatic rings. The number of rotatable bonds is 11. The first-order chi connectivity index (χ1) is 23.1. The van der Waals surface area contributed by atoms with Crippen LogP contribution in [-0.4, -0.2) is 76.2 Å². The number of hydrogen-bond acceptors (Lipinski definition) is 8. The third-order valence-corrected chi connectivity index (χ3v) is 11.0. The molecule has 3 aromatic rings. The van der Waals surface area contributed by atoms with Gasteiger partial charge >= 0.3 is 5.97 Å². The lowest BCUT2D eigenvalue weighted by molar-refractivity contribution is -0.260. The number of aliphatic carboxylic acids is 1. The van der Waals surface area contributed by atoms with Crippen molar-refractivity contribution in [1.29, 1.82) is 0 Å². The highest BCUT2D eigenvalue weighted by Gasteiger charge is 2.55. The van der Waals surface area contributed by atoms with Crippen LogP contribution in [0.15, 0.2) is 41.8 Å². The van der Waals surface area contributed by atoms with Crippen LogP contribution >= 0.6 is 22.9 Å². The lowest BCUT2D eigenvalue weighted by Gasteiger charge is -2.50. The molecule has 2 saturated heterocycles. The van der Waals surface area contributed by atoms with E-state index < -0.39 is 47.5 Å². The van der Waals surface area contributed by atoms with Crippen LogP contribution < -0.4 is 10.6 Å². The average molecular weight is 699 g/mol. The zero-order valence-electron chi connectivity index (χ0n) is 26.8. The molecule has 1 aliphatic carbocycles. The zero-order chi connectivity index (χ0) is 34.0. The lowest BCUT2D eigenvalue weighted by atomic mass is 9.87. The number of thiophene rings is 1. The van der Waals surface area contributed by atoms with Crippen molar-refractivity contribution in [2.45, 2.75) is 82.8 Å². The number of carboxylic acids is 1. The molecule has 0 bridgehead atoms. The first-order valence-electron chi connectivity index (χ1n) is 16.5. The van der Waals surface area contributed by atoms with Crippen molar-refractivity contribution in [2.75, 3.05) is 25.0 Å². The summed E-state index contributed by atoms with van der Waals surface area (Å²) in [6.45, 7) is 3.06. The molecular formula is C35H40ClFN4O6S. The Morgan fingerprint density at radius 3 is 2.48 bits per heavy atom. The quantitative estimate of drug-likeness (QED) is 0.222. The summed E-state index contributed by atoms with van der Waals surface area (Å²) < 4.78 is 23.7. The normalized spacial score (nSPS) is 23.2. The number of likely N-dealkylation sites (tertiary alicyclic amines) is 2. The molecule has 2 amide bonds. The third-order valence-electron chi connectivity index (χ3n) is 9.73. The summed E-state index contributed by atoms with van der Waals surface area (Å²) >= 11 is 8.05. The van der Waals surface area contributed by atoms with Crippen LogP contribution in [0, 0.1) is 11.7 Å². The van der Waals surface area contributed by atoms with Gasteiger partial charge < -0.3 is 20.5 Å². The van der Waals surface area contributed by atoms with Gasteiger partial charge in [-0.3, -0.25) is 24.1 Å². The van der Waals surface area contributed by atoms with Crippen LogP contribution in [0.5, 0.6) is 0 Å². The van der Waals surface area contributed by atoms with Gasteiger partial charge in [0.2, 0.25) is 11.8 Å². The van der Waals surface area contributed by atoms with Gasteiger partial charge in [0.1, 0.15) is 5.82 Å². The zero-order valence-corrected chi connectivity index (χ0v) is 28.4. The molecule has 1 saturated carbocycles. The van der Waals surface area contributed by atoms with E-state index in [2.05, 4.69) is 10.6 Å². The third kappa shape index (κ3) is 7.00. The fourth-order valence-corrected chi connectivity index (χ4v) is 8.55. The van der Waals surface area contributed by atoms with Crippen LogP contribution in [0.25, 0.3) is 10.1 Å². The average Bonchev–Trinajstić information content (AvgIpc) is 3.84. The van der Waals surface area contributed by atoms with Gasteiger partial charge in [-0.15, -0.1) is 11.3 Å². The van der Waals surface area contributed by atoms with Crippen molar-refractivity contribution in [1.82, 2.24) is 15.1 Å². The van der Waals surface area contributed by atoms with E-state index >= 15 is 4.39 Å². The molecule has 2 unspecified atom stereocenters. The second kappa shape index (κ2) is 14.6. The monoisotopic (exact) mass is 698 g/mol. The minimum atomic E-state index is -1.60. The number of carbonyl (C=O) groups is 4. The Bertz CT molecular complexity index is 1710. The number of Topliss-reactive ketones (excluding diaryl/α,β-unsaturated/α-hetero) is 1. The summed E-state index contributed by atoms with van der Waals surface area (Å²) in [5, 5.41) is 17.9. The molecule has 256 valence electrons. The van der Waals surface area contributed by atoms with Crippen molar-refractivity contribution < 1.29 is 33.4 Å². The number of anilines is 1. The highest BCUT2D eigenvalue weighted by atomic mass is 35.5. The number of nitrogens with one attached hydrogen (secondary N) is 2. The fourth-order valence-electron chi connectivity index (χ4n) is 7.37. The summed E-state index contributed by atoms with van der Waals surface area (Å²) in [6, 6.07) is 10.0. The number of nitrogens with zero attached hydrogens (tertiary/aromatic N) is 2. The Balaban J connectivity index is 1.30. The number of fused-ring (bicyclic) bond motifs is 1. The van der Waals surface area contributed by atoms with Crippen molar-refractivity contribution >= 4 is 62.3 Å². The largest absolute Gasteiger partial charge is 0.481 e. The maximum absolute atomic E-state index is 15.9. The van der Waals surface area contributed by atoms with Crippen molar-refractivity contribution in [3.8, 4) is 0 Å². The SMILES string of the molecule is CC(=O)NC1CCCN1C(OC1CCC(C(=O)O)CC1)(C(=O)Cc1cc(Cl)c(NC(=O)c2csc3ccccc23)cc1F)N1CCCC1. The molecule has 2 aromatic carbocycles. The molecule has 0 spiro atoms. The van der Waals surface area contributed by atoms with E-state index in [4.69, 9.17) is 16.3 Å². The number of carboxylic acid groups (broad SMARTS) is 1. The second-order valence-electron chi connectivity index (χ2n) is 12.9. The standard InChI is InChI=1S/C35H40ClFN4O6S/c1-21(42)38-32-9-6-16-41(32)35(40-14-4-5-15-40,47-24-12-10-22(11-13-24)34(45)46)31(43)18-23-17-27(36)29(19-28(23)37)39-33(44)26-20-48-30-8-3-2-7-25(26)30/h2-3,7-8,17,19-20,22,24,32H,4-6,9-16,18H2,1H3,(H,38,42)(H,39,44)(H,45,46). The summed E-state index contributed by atoms with van der Waals surface area (Å²) in [4.78, 5) is 55.8. The molecule has 10 nitrogen and oxygen atoms in total. The summed E-state index contributed by atoms with van der Waals surface area (Å²) in [6.07, 6.45) is 3.59. The lowest BCUT2D eigenvalue weighted by Crippen LogP contribution is -2.70. The maximum atomic E-state index is 15.9. The molecule has 6 rings (SSSR count). The number of benzene rings is 2. The number of amides is 2. The van der Waals surface area contributed by atoms with Crippen LogP contribution in [0.4, 0.5) is 10.1 Å². The smallest absolute Gasteiger partial charge is 0.306 e. The molecule has 2 aliphatic heterocycles. The van der Waals surface area contributed by atoms with E-state index in [9.17, 15) is 24.3 Å². The van der Waals surface area contributed by atoms with Crippen LogP contribution in [0.2, 0.25) is 5.02 Å². The topological polar surface area (TPSA) is 128 Å². The molecule has 48 heavy (non-hydrogen) atoms. The highest BCUT2D eigenvalue weighted by Crippen LogP contribution is 2.39. The van der Waals surface area contributed by atoms with E-state index in [1.165, 1.54) is 24.3 Å². The highest BCUT2D eigenvalue weighted by molar-refractivity contribution is 7.17. The number of hydrogen-bond donors (Lipinski definition) is 3. The molecule has 13 heteroatoms. The minimum Gasteiger partial charge on any atom is -0.481 e. The Hall–Kier alpha value is -3.42. The number of ketones is 1. The Morgan fingerprint density at radius 1 is 1.04 bits per heavy atom. The summed E-state index contributed by atoms with van der Waals surface area (Å²) in [7, 11) is 0. The predicted octanol–water partition coefficient (Wildman–Crippen LogP) is 6.03. The van der Waals surface area contributed by atoms with Gasteiger partial charge in [0.15, 0.2) is 5.78 Å². The van der Waals surface area contributed by atoms with Crippen LogP contribution in [0.1, 0.15) is 74.2 Å². The van der Waals surface area contributed by atoms with E-state index in [1.807, 2.05) is 34.1 Å². The Kier molecular flexibility index (Phi) is 10.5. The van der Waals surface area contributed by atoms with Gasteiger partial charge in [0.05, 0.1) is 34.5 Å². The van der Waals surface area contributed by atoms with E-state index in [0.717, 1.165) is 35.4 Å². The maximum Gasteiger partial charge on any atom is 0.306 e. The summed E-state index contributed by atoms with van der Waals surface area (Å²) in [5.41, 5.74) is 0.602. The van der Waals surface area contributed by atoms with Crippen molar-refractivity contribution in [3.63, 3.8) is 0 Å². The molecule has 3 heterocycles. The molecule has 3 N–H and O–H groups in total. The van der Waals surface area contributed by atoms with Crippen LogP contribution in [0.3, 0.4) is 0 Å². The predicted molar refractivity (Wildman–Crippen MR) is 181 cm³/mol. The number of halogens is 2. The molecule has 0 radical (unpaired) electrons. The minimum absolute atomic E-state index is 0.0565. The van der Waals surface area contributed by atoms with Gasteiger partial charge in [-0.05, 0) is 75.1 Å². The van der Waals surface area contributed by atoms with Gasteiger partial charge in [0.25, 0.3) is 5.91 Å². The molecular weight excluding hydrogens is 659 g/mol. The van der Waals surface area contributed by atoms with E-state index in [-0.39, 0.29) is 28.6 Å². The number of carbonyl (C=O) groups excluding carboxylic acids is 3. The first-order valence-corrected chi connectivity index (χ1v) is 17.8. The van der Waals surface area contributed by atoms with Gasteiger partial charge in [0, 0.05) is 48.4 Å². The Morgan fingerprint density at radius 2 is 1.77 bits per heavy atom. The van der Waals surface area contributed by atoms with Gasteiger partial charge in [-0.2, -0.15) is 0 Å². The molecule has 1 aromatic heterocycles.